The Morgan fingerprint density at radius 1 is 1.41 bits per heavy atom. The first-order valence-corrected chi connectivity index (χ1v) is 6.20. The number of aliphatic hydroxyl groups is 1. The summed E-state index contributed by atoms with van der Waals surface area (Å²) in [6.07, 6.45) is 4.25. The van der Waals surface area contributed by atoms with E-state index in [0.29, 0.717) is 6.54 Å². The molecule has 1 aliphatic carbocycles. The van der Waals surface area contributed by atoms with Gasteiger partial charge in [0.2, 0.25) is 5.91 Å². The number of halogens is 1. The Morgan fingerprint density at radius 2 is 1.94 bits per heavy atom. The van der Waals surface area contributed by atoms with Gasteiger partial charge in [-0.3, -0.25) is 4.79 Å². The Hall–Kier alpha value is -0.320. The second kappa shape index (κ2) is 6.57. The minimum absolute atomic E-state index is 0. The molecule has 0 aromatic rings. The molecule has 0 bridgehead atoms. The van der Waals surface area contributed by atoms with Crippen molar-refractivity contribution in [2.45, 2.75) is 51.5 Å². The van der Waals surface area contributed by atoms with Gasteiger partial charge in [0.25, 0.3) is 0 Å². The van der Waals surface area contributed by atoms with Crippen molar-refractivity contribution in [1.29, 1.82) is 0 Å². The van der Waals surface area contributed by atoms with Crippen LogP contribution in [0.1, 0.15) is 46.0 Å². The molecule has 0 radical (unpaired) electrons. The smallest absolute Gasteiger partial charge is 0.240 e. The lowest BCUT2D eigenvalue weighted by molar-refractivity contribution is -0.123. The first kappa shape index (κ1) is 16.7. The molecule has 0 spiro atoms. The number of hydrogen-bond donors (Lipinski definition) is 3. The van der Waals surface area contributed by atoms with Crippen LogP contribution in [0.3, 0.4) is 0 Å². The fraction of sp³-hybridized carbons (Fsp3) is 0.917. The van der Waals surface area contributed by atoms with Crippen LogP contribution >= 0.6 is 12.4 Å². The van der Waals surface area contributed by atoms with E-state index in [1.807, 2.05) is 0 Å². The van der Waals surface area contributed by atoms with E-state index in [4.69, 9.17) is 10.8 Å². The number of nitrogens with one attached hydrogen (secondary N) is 1. The first-order valence-electron chi connectivity index (χ1n) is 6.20. The van der Waals surface area contributed by atoms with Crippen molar-refractivity contribution in [1.82, 2.24) is 5.32 Å². The molecule has 1 fully saturated rings. The summed E-state index contributed by atoms with van der Waals surface area (Å²) < 4.78 is 0. The van der Waals surface area contributed by atoms with Gasteiger partial charge in [0, 0.05) is 13.2 Å². The molecular formula is C12H25ClN2O2. The van der Waals surface area contributed by atoms with Crippen molar-refractivity contribution in [3.8, 4) is 0 Å². The van der Waals surface area contributed by atoms with Crippen molar-refractivity contribution < 1.29 is 9.90 Å². The molecule has 102 valence electrons. The molecule has 0 aromatic carbocycles. The lowest BCUT2D eigenvalue weighted by Crippen LogP contribution is -2.47. The standard InChI is InChI=1S/C12H24N2O2.ClH/c1-3-11(4-2,7-8-15)9-14-10(16)12(13)5-6-12;/h15H,3-9,13H2,1-2H3,(H,14,16);1H. The zero-order valence-electron chi connectivity index (χ0n) is 10.8. The quantitative estimate of drug-likeness (QED) is 0.647. The molecule has 1 aliphatic rings. The van der Waals surface area contributed by atoms with Gasteiger partial charge in [-0.05, 0) is 37.5 Å². The number of nitrogens with two attached hydrogens (primary N) is 1. The summed E-state index contributed by atoms with van der Waals surface area (Å²) in [5.41, 5.74) is 5.25. The largest absolute Gasteiger partial charge is 0.396 e. The van der Waals surface area contributed by atoms with E-state index >= 15 is 0 Å². The van der Waals surface area contributed by atoms with Crippen molar-refractivity contribution in [2.24, 2.45) is 11.1 Å². The van der Waals surface area contributed by atoms with Crippen LogP contribution in [0.15, 0.2) is 0 Å². The predicted octanol–water partition coefficient (Wildman–Crippen LogP) is 1.20. The van der Waals surface area contributed by atoms with Crippen LogP contribution in [0.5, 0.6) is 0 Å². The summed E-state index contributed by atoms with van der Waals surface area (Å²) in [4.78, 5) is 11.7. The Kier molecular flexibility index (Phi) is 6.45. The van der Waals surface area contributed by atoms with Crippen molar-refractivity contribution in [3.63, 3.8) is 0 Å². The van der Waals surface area contributed by atoms with E-state index in [-0.39, 0.29) is 30.3 Å². The number of rotatable bonds is 7. The third-order valence-corrected chi connectivity index (χ3v) is 4.01. The molecule has 0 aromatic heterocycles. The van der Waals surface area contributed by atoms with Crippen LogP contribution in [0.4, 0.5) is 0 Å². The molecule has 1 saturated carbocycles. The molecule has 1 amide bonds. The van der Waals surface area contributed by atoms with Crippen molar-refractivity contribution >= 4 is 18.3 Å². The monoisotopic (exact) mass is 264 g/mol. The molecule has 0 aliphatic heterocycles. The van der Waals surface area contributed by atoms with Crippen LogP contribution in [0.25, 0.3) is 0 Å². The summed E-state index contributed by atoms with van der Waals surface area (Å²) in [5, 5.41) is 12.0. The molecule has 0 unspecified atom stereocenters. The van der Waals surface area contributed by atoms with E-state index in [1.165, 1.54) is 0 Å². The van der Waals surface area contributed by atoms with Gasteiger partial charge in [0.05, 0.1) is 5.54 Å². The normalized spacial score (nSPS) is 17.2. The molecule has 0 atom stereocenters. The van der Waals surface area contributed by atoms with Crippen LogP contribution in [-0.2, 0) is 4.79 Å². The van der Waals surface area contributed by atoms with E-state index in [2.05, 4.69) is 19.2 Å². The van der Waals surface area contributed by atoms with Gasteiger partial charge in [-0.1, -0.05) is 13.8 Å². The minimum Gasteiger partial charge on any atom is -0.396 e. The molecule has 0 saturated heterocycles. The van der Waals surface area contributed by atoms with Gasteiger partial charge < -0.3 is 16.2 Å². The summed E-state index contributed by atoms with van der Waals surface area (Å²) >= 11 is 0. The molecule has 17 heavy (non-hydrogen) atoms. The van der Waals surface area contributed by atoms with Crippen molar-refractivity contribution in [2.75, 3.05) is 13.2 Å². The molecule has 4 N–H and O–H groups in total. The average molecular weight is 265 g/mol. The van der Waals surface area contributed by atoms with Gasteiger partial charge in [0.15, 0.2) is 0 Å². The summed E-state index contributed by atoms with van der Waals surface area (Å²) in [7, 11) is 0. The zero-order valence-corrected chi connectivity index (χ0v) is 11.6. The Bertz CT molecular complexity index is 251. The number of amides is 1. The fourth-order valence-corrected chi connectivity index (χ4v) is 1.98. The van der Waals surface area contributed by atoms with Crippen LogP contribution < -0.4 is 11.1 Å². The highest BCUT2D eigenvalue weighted by atomic mass is 35.5. The maximum absolute atomic E-state index is 11.7. The molecular weight excluding hydrogens is 240 g/mol. The topological polar surface area (TPSA) is 75.3 Å². The lowest BCUT2D eigenvalue weighted by atomic mass is 9.79. The van der Waals surface area contributed by atoms with E-state index in [9.17, 15) is 4.79 Å². The summed E-state index contributed by atoms with van der Waals surface area (Å²) in [6.45, 7) is 4.99. The average Bonchev–Trinajstić information content (AvgIpc) is 3.04. The minimum atomic E-state index is -0.591. The lowest BCUT2D eigenvalue weighted by Gasteiger charge is -2.31. The number of aliphatic hydroxyl groups excluding tert-OH is 1. The summed E-state index contributed by atoms with van der Waals surface area (Å²) in [6, 6.07) is 0. The Balaban J connectivity index is 0.00000256. The highest BCUT2D eigenvalue weighted by Gasteiger charge is 2.46. The van der Waals surface area contributed by atoms with Gasteiger partial charge in [-0.2, -0.15) is 0 Å². The third kappa shape index (κ3) is 4.12. The Morgan fingerprint density at radius 3 is 2.29 bits per heavy atom. The maximum Gasteiger partial charge on any atom is 0.240 e. The fourth-order valence-electron chi connectivity index (χ4n) is 1.98. The van der Waals surface area contributed by atoms with Gasteiger partial charge in [-0.15, -0.1) is 12.4 Å². The maximum atomic E-state index is 11.7. The second-order valence-corrected chi connectivity index (χ2v) is 5.02. The Labute approximate surface area is 110 Å². The second-order valence-electron chi connectivity index (χ2n) is 5.02. The first-order chi connectivity index (χ1) is 7.52. The van der Waals surface area contributed by atoms with E-state index < -0.39 is 5.54 Å². The van der Waals surface area contributed by atoms with E-state index in [0.717, 1.165) is 32.1 Å². The summed E-state index contributed by atoms with van der Waals surface area (Å²) in [5.74, 6) is -0.0308. The third-order valence-electron chi connectivity index (χ3n) is 4.01. The predicted molar refractivity (Wildman–Crippen MR) is 71.1 cm³/mol. The molecule has 1 rings (SSSR count). The van der Waals surface area contributed by atoms with E-state index in [1.54, 1.807) is 0 Å². The van der Waals surface area contributed by atoms with Gasteiger partial charge in [0.1, 0.15) is 0 Å². The molecule has 0 heterocycles. The zero-order chi connectivity index (χ0) is 12.2. The van der Waals surface area contributed by atoms with Crippen LogP contribution in [-0.4, -0.2) is 29.7 Å². The molecule has 4 nitrogen and oxygen atoms in total. The number of carbonyl (C=O) groups excluding carboxylic acids is 1. The molecule has 5 heteroatoms. The highest BCUT2D eigenvalue weighted by Crippen LogP contribution is 2.33. The number of carbonyl (C=O) groups is 1. The van der Waals surface area contributed by atoms with Crippen LogP contribution in [0.2, 0.25) is 0 Å². The van der Waals surface area contributed by atoms with Gasteiger partial charge >= 0.3 is 0 Å². The van der Waals surface area contributed by atoms with Gasteiger partial charge in [-0.25, -0.2) is 0 Å². The SMILES string of the molecule is CCC(CC)(CCO)CNC(=O)C1(N)CC1.Cl. The van der Waals surface area contributed by atoms with Crippen LogP contribution in [0, 0.1) is 5.41 Å². The highest BCUT2D eigenvalue weighted by molar-refractivity contribution is 5.88. The number of hydrogen-bond acceptors (Lipinski definition) is 3. The van der Waals surface area contributed by atoms with Crippen molar-refractivity contribution in [3.05, 3.63) is 0 Å².